The lowest BCUT2D eigenvalue weighted by Crippen LogP contribution is -1.99. The Morgan fingerprint density at radius 3 is 1.38 bits per heavy atom. The number of benzene rings is 11. The first kappa shape index (κ1) is 36.9. The second-order valence-corrected chi connectivity index (χ2v) is 16.9. The molecule has 3 heteroatoms. The summed E-state index contributed by atoms with van der Waals surface area (Å²) in [7, 11) is 0. The summed E-state index contributed by atoms with van der Waals surface area (Å²) in [6.07, 6.45) is 0. The molecule has 0 saturated heterocycles. The second-order valence-electron chi connectivity index (χ2n) is 16.9. The molecule has 13 aromatic rings. The van der Waals surface area contributed by atoms with E-state index in [2.05, 4.69) is 229 Å². The maximum atomic E-state index is 5.41. The first-order valence-corrected chi connectivity index (χ1v) is 22.2. The summed E-state index contributed by atoms with van der Waals surface area (Å²) in [6.45, 7) is 0. The van der Waals surface area contributed by atoms with Gasteiger partial charge in [0, 0.05) is 27.3 Å². The van der Waals surface area contributed by atoms with Crippen molar-refractivity contribution in [3.05, 3.63) is 237 Å². The zero-order valence-corrected chi connectivity index (χ0v) is 35.4. The Balaban J connectivity index is 0.986. The molecule has 0 unspecified atom stereocenters. The van der Waals surface area contributed by atoms with Crippen LogP contribution in [0.15, 0.2) is 237 Å². The van der Waals surface area contributed by atoms with E-state index in [0.717, 1.165) is 55.6 Å². The fraction of sp³-hybridized carbons (Fsp3) is 0. The van der Waals surface area contributed by atoms with Crippen LogP contribution in [0.25, 0.3) is 127 Å². The average Bonchev–Trinajstić information content (AvgIpc) is 3.73. The lowest BCUT2D eigenvalue weighted by molar-refractivity contribution is 1.20. The molecular weight excluding hydrogens is 787 g/mol. The van der Waals surface area contributed by atoms with E-state index in [-0.39, 0.29) is 0 Å². The van der Waals surface area contributed by atoms with Crippen molar-refractivity contribution in [1.29, 1.82) is 0 Å². The zero-order chi connectivity index (χ0) is 42.8. The molecule has 3 nitrogen and oxygen atoms in total. The molecule has 2 aromatic heterocycles. The Labute approximate surface area is 376 Å². The van der Waals surface area contributed by atoms with E-state index in [1.807, 2.05) is 12.1 Å². The maximum Gasteiger partial charge on any atom is 0.0979 e. The number of fused-ring (bicyclic) bond motifs is 9. The molecule has 2 heterocycles. The van der Waals surface area contributed by atoms with Gasteiger partial charge in [0.25, 0.3) is 0 Å². The Kier molecular flexibility index (Phi) is 8.53. The monoisotopic (exact) mass is 825 g/mol. The predicted octanol–water partition coefficient (Wildman–Crippen LogP) is 16.5. The van der Waals surface area contributed by atoms with Crippen LogP contribution < -0.4 is 0 Å². The van der Waals surface area contributed by atoms with Crippen molar-refractivity contribution in [2.75, 3.05) is 0 Å². The third-order valence-corrected chi connectivity index (χ3v) is 13.2. The van der Waals surface area contributed by atoms with E-state index in [0.29, 0.717) is 0 Å². The first-order chi connectivity index (χ1) is 32.2. The quantitative estimate of drug-likeness (QED) is 0.167. The van der Waals surface area contributed by atoms with Crippen molar-refractivity contribution in [3.63, 3.8) is 0 Å². The normalized spacial score (nSPS) is 11.7. The summed E-state index contributed by atoms with van der Waals surface area (Å²) in [4.78, 5) is 10.8. The predicted molar refractivity (Wildman–Crippen MR) is 274 cm³/mol. The largest absolute Gasteiger partial charge is 0.309 e. The summed E-state index contributed by atoms with van der Waals surface area (Å²) in [5.74, 6) is 0. The molecule has 0 radical (unpaired) electrons. The van der Waals surface area contributed by atoms with Gasteiger partial charge >= 0.3 is 0 Å². The average molecular weight is 826 g/mol. The van der Waals surface area contributed by atoms with Crippen molar-refractivity contribution in [2.45, 2.75) is 0 Å². The SMILES string of the molecule is c1ccc(-c2ccc(-c3ccc(-c4nc5ccccc5nc4-c4ccc(-n5c6ccc7ccccc7c6c6c7ccc(-c8ccccc8)cc7ccc65)c5ccccc45)cc3)cc2)cc1. The van der Waals surface area contributed by atoms with E-state index in [9.17, 15) is 0 Å². The van der Waals surface area contributed by atoms with Crippen LogP contribution >= 0.6 is 0 Å². The summed E-state index contributed by atoms with van der Waals surface area (Å²) >= 11 is 0. The molecule has 11 aromatic carbocycles. The first-order valence-electron chi connectivity index (χ1n) is 22.2. The van der Waals surface area contributed by atoms with Gasteiger partial charge in [0.1, 0.15) is 0 Å². The molecule has 0 amide bonds. The lowest BCUT2D eigenvalue weighted by Gasteiger charge is -2.17. The zero-order valence-electron chi connectivity index (χ0n) is 35.4. The fourth-order valence-corrected chi connectivity index (χ4v) is 10.1. The molecular formula is C62H39N3. The topological polar surface area (TPSA) is 30.7 Å². The van der Waals surface area contributed by atoms with Crippen molar-refractivity contribution in [1.82, 2.24) is 14.5 Å². The minimum Gasteiger partial charge on any atom is -0.309 e. The highest BCUT2D eigenvalue weighted by molar-refractivity contribution is 6.29. The molecule has 0 aliphatic heterocycles. The van der Waals surface area contributed by atoms with Crippen molar-refractivity contribution < 1.29 is 0 Å². The summed E-state index contributed by atoms with van der Waals surface area (Å²) < 4.78 is 2.48. The molecule has 0 spiro atoms. The smallest absolute Gasteiger partial charge is 0.0979 e. The molecule has 0 bridgehead atoms. The minimum absolute atomic E-state index is 0.859. The van der Waals surface area contributed by atoms with Gasteiger partial charge in [0.2, 0.25) is 0 Å². The molecule has 302 valence electrons. The van der Waals surface area contributed by atoms with Crippen molar-refractivity contribution in [3.8, 4) is 61.6 Å². The van der Waals surface area contributed by atoms with Gasteiger partial charge in [-0.25, -0.2) is 9.97 Å². The van der Waals surface area contributed by atoms with Gasteiger partial charge in [0.15, 0.2) is 0 Å². The van der Waals surface area contributed by atoms with E-state index in [1.165, 1.54) is 71.2 Å². The van der Waals surface area contributed by atoms with Crippen LogP contribution in [0.1, 0.15) is 0 Å². The van der Waals surface area contributed by atoms with Crippen molar-refractivity contribution in [2.24, 2.45) is 0 Å². The Morgan fingerprint density at radius 1 is 0.277 bits per heavy atom. The highest BCUT2D eigenvalue weighted by Gasteiger charge is 2.22. The summed E-state index contributed by atoms with van der Waals surface area (Å²) in [5, 5.41) is 9.75. The molecule has 0 N–H and O–H groups in total. The Bertz CT molecular complexity index is 3960. The molecule has 13 rings (SSSR count). The molecule has 0 saturated carbocycles. The van der Waals surface area contributed by atoms with Gasteiger partial charge in [-0.2, -0.15) is 0 Å². The van der Waals surface area contributed by atoms with Gasteiger partial charge in [0.05, 0.1) is 39.1 Å². The highest BCUT2D eigenvalue weighted by atomic mass is 15.0. The number of aromatic nitrogens is 3. The fourth-order valence-electron chi connectivity index (χ4n) is 10.1. The highest BCUT2D eigenvalue weighted by Crippen LogP contribution is 2.44. The van der Waals surface area contributed by atoms with Crippen LogP contribution in [0.3, 0.4) is 0 Å². The van der Waals surface area contributed by atoms with Gasteiger partial charge in [-0.05, 0) is 103 Å². The van der Waals surface area contributed by atoms with Crippen LogP contribution in [-0.4, -0.2) is 14.5 Å². The standard InChI is InChI=1S/C62H39N3/c1-3-13-40(14-4-1)42-23-25-43(26-24-42)44-27-29-46(30-28-44)61-62(64-55-22-12-11-21-54(55)63-61)53-35-38-56(52-20-10-9-19-51(52)53)65-57-36-32-45-17-7-8-18-49(45)59(57)60-50-34-31-47(41-15-5-2-6-16-41)39-48(50)33-37-58(60)65/h1-39H. The maximum absolute atomic E-state index is 5.41. The minimum atomic E-state index is 0.859. The van der Waals surface area contributed by atoms with Crippen LogP contribution in [0.5, 0.6) is 0 Å². The van der Waals surface area contributed by atoms with Crippen LogP contribution in [0.4, 0.5) is 0 Å². The number of hydrogen-bond donors (Lipinski definition) is 0. The van der Waals surface area contributed by atoms with E-state index in [4.69, 9.17) is 9.97 Å². The lowest BCUT2D eigenvalue weighted by atomic mass is 9.95. The second kappa shape index (κ2) is 15.0. The third kappa shape index (κ3) is 6.12. The third-order valence-electron chi connectivity index (χ3n) is 13.2. The van der Waals surface area contributed by atoms with E-state index < -0.39 is 0 Å². The van der Waals surface area contributed by atoms with Crippen LogP contribution in [0.2, 0.25) is 0 Å². The van der Waals surface area contributed by atoms with Gasteiger partial charge in [-0.1, -0.05) is 194 Å². The van der Waals surface area contributed by atoms with Gasteiger partial charge < -0.3 is 4.57 Å². The van der Waals surface area contributed by atoms with E-state index >= 15 is 0 Å². The molecule has 0 aliphatic rings. The van der Waals surface area contributed by atoms with E-state index in [1.54, 1.807) is 0 Å². The molecule has 0 aliphatic carbocycles. The van der Waals surface area contributed by atoms with Crippen LogP contribution in [-0.2, 0) is 0 Å². The molecule has 0 fully saturated rings. The van der Waals surface area contributed by atoms with Crippen molar-refractivity contribution >= 4 is 65.2 Å². The number of para-hydroxylation sites is 2. The van der Waals surface area contributed by atoms with Gasteiger partial charge in [-0.3, -0.25) is 0 Å². The number of nitrogens with zero attached hydrogens (tertiary/aromatic N) is 3. The number of hydrogen-bond acceptors (Lipinski definition) is 2. The number of rotatable bonds is 6. The Hall–Kier alpha value is -8.66. The van der Waals surface area contributed by atoms with Crippen LogP contribution in [0, 0.1) is 0 Å². The summed E-state index contributed by atoms with van der Waals surface area (Å²) in [6, 6.07) is 85.2. The Morgan fingerprint density at radius 2 is 0.738 bits per heavy atom. The summed E-state index contributed by atoms with van der Waals surface area (Å²) in [5.41, 5.74) is 16.2. The molecule has 65 heavy (non-hydrogen) atoms. The molecule has 0 atom stereocenters. The van der Waals surface area contributed by atoms with Gasteiger partial charge in [-0.15, -0.1) is 0 Å².